The highest BCUT2D eigenvalue weighted by molar-refractivity contribution is 5.74. The molecular weight excluding hydrogens is 294 g/mol. The summed E-state index contributed by atoms with van der Waals surface area (Å²) >= 11 is 0. The Morgan fingerprint density at radius 3 is 2.91 bits per heavy atom. The number of hydrogen-bond acceptors (Lipinski definition) is 3. The van der Waals surface area contributed by atoms with E-state index < -0.39 is 23.8 Å². The van der Waals surface area contributed by atoms with Crippen LogP contribution >= 0.6 is 0 Å². The fourth-order valence-electron chi connectivity index (χ4n) is 2.37. The van der Waals surface area contributed by atoms with Crippen LogP contribution in [0.1, 0.15) is 31.4 Å². The Morgan fingerprint density at radius 1 is 1.45 bits per heavy atom. The lowest BCUT2D eigenvalue weighted by molar-refractivity contribution is 0.0995. The van der Waals surface area contributed by atoms with Gasteiger partial charge in [0.2, 0.25) is 0 Å². The lowest BCUT2D eigenvalue weighted by Crippen LogP contribution is -2.44. The molecular formula is C15H20F2N2O3. The van der Waals surface area contributed by atoms with Crippen LogP contribution in [0.25, 0.3) is 0 Å². The Kier molecular flexibility index (Phi) is 5.68. The molecule has 5 nitrogen and oxygen atoms in total. The molecule has 3 N–H and O–H groups in total. The summed E-state index contributed by atoms with van der Waals surface area (Å²) in [6.07, 6.45) is 0.0666. The Hall–Kier alpha value is -1.73. The Balaban J connectivity index is 1.92. The summed E-state index contributed by atoms with van der Waals surface area (Å²) in [5.41, 5.74) is 0.491. The Morgan fingerprint density at radius 2 is 2.23 bits per heavy atom. The van der Waals surface area contributed by atoms with E-state index in [2.05, 4.69) is 10.6 Å². The number of hydrogen-bond donors (Lipinski definition) is 3. The van der Waals surface area contributed by atoms with Crippen molar-refractivity contribution >= 4 is 6.03 Å². The molecule has 1 aromatic rings. The molecule has 0 radical (unpaired) electrons. The maximum atomic E-state index is 13.3. The normalized spacial score (nSPS) is 22.4. The largest absolute Gasteiger partial charge is 0.393 e. The minimum Gasteiger partial charge on any atom is -0.393 e. The number of benzene rings is 1. The fourth-order valence-corrected chi connectivity index (χ4v) is 2.37. The highest BCUT2D eigenvalue weighted by Gasteiger charge is 2.31. The van der Waals surface area contributed by atoms with Gasteiger partial charge in [-0.05, 0) is 37.5 Å². The second-order valence-corrected chi connectivity index (χ2v) is 5.40. The van der Waals surface area contributed by atoms with Crippen molar-refractivity contribution in [1.29, 1.82) is 0 Å². The second kappa shape index (κ2) is 7.51. The van der Waals surface area contributed by atoms with Crippen molar-refractivity contribution < 1.29 is 23.4 Å². The standard InChI is InChI=1S/C15H20F2N2O3/c1-9(20)4-6-18-15(21)19-13-5-7-22-14(13)10-2-3-11(16)12(17)8-10/h2-3,8-9,13-14,20H,4-7H2,1H3,(H2,18,19,21)/t9-,13-,14+/m0/s1. The van der Waals surface area contributed by atoms with Crippen LogP contribution in [0.15, 0.2) is 18.2 Å². The first-order chi connectivity index (χ1) is 10.5. The van der Waals surface area contributed by atoms with Crippen LogP contribution in [0.5, 0.6) is 0 Å². The minimum absolute atomic E-state index is 0.309. The Bertz CT molecular complexity index is 526. The quantitative estimate of drug-likeness (QED) is 0.777. The van der Waals surface area contributed by atoms with E-state index >= 15 is 0 Å². The van der Waals surface area contributed by atoms with E-state index in [1.165, 1.54) is 6.07 Å². The van der Waals surface area contributed by atoms with Gasteiger partial charge in [-0.15, -0.1) is 0 Å². The van der Waals surface area contributed by atoms with Gasteiger partial charge < -0.3 is 20.5 Å². The zero-order valence-corrected chi connectivity index (χ0v) is 12.3. The predicted octanol–water partition coefficient (Wildman–Crippen LogP) is 1.86. The molecule has 0 saturated carbocycles. The van der Waals surface area contributed by atoms with Crippen molar-refractivity contribution in [3.05, 3.63) is 35.4 Å². The van der Waals surface area contributed by atoms with E-state index in [9.17, 15) is 13.6 Å². The van der Waals surface area contributed by atoms with E-state index in [4.69, 9.17) is 9.84 Å². The molecule has 3 atom stereocenters. The summed E-state index contributed by atoms with van der Waals surface area (Å²) in [7, 11) is 0. The number of halogens is 2. The lowest BCUT2D eigenvalue weighted by atomic mass is 10.0. The molecule has 2 rings (SSSR count). The molecule has 7 heteroatoms. The van der Waals surface area contributed by atoms with Gasteiger partial charge in [-0.2, -0.15) is 0 Å². The summed E-state index contributed by atoms with van der Waals surface area (Å²) in [5.74, 6) is -1.85. The number of carbonyl (C=O) groups excluding carboxylic acids is 1. The molecule has 122 valence electrons. The van der Waals surface area contributed by atoms with Gasteiger partial charge in [-0.1, -0.05) is 6.07 Å². The number of aliphatic hydroxyl groups excluding tert-OH is 1. The van der Waals surface area contributed by atoms with E-state index in [-0.39, 0.29) is 12.1 Å². The van der Waals surface area contributed by atoms with Gasteiger partial charge in [0, 0.05) is 13.2 Å². The van der Waals surface area contributed by atoms with E-state index in [1.54, 1.807) is 6.92 Å². The van der Waals surface area contributed by atoms with Crippen LogP contribution in [0.2, 0.25) is 0 Å². The van der Waals surface area contributed by atoms with Crippen LogP contribution < -0.4 is 10.6 Å². The maximum absolute atomic E-state index is 13.3. The van der Waals surface area contributed by atoms with Gasteiger partial charge in [0.05, 0.1) is 12.1 Å². The van der Waals surface area contributed by atoms with Gasteiger partial charge in [0.15, 0.2) is 11.6 Å². The first kappa shape index (κ1) is 16.6. The van der Waals surface area contributed by atoms with Crippen molar-refractivity contribution in [2.75, 3.05) is 13.2 Å². The smallest absolute Gasteiger partial charge is 0.315 e. The third-order valence-corrected chi connectivity index (χ3v) is 3.53. The molecule has 22 heavy (non-hydrogen) atoms. The zero-order chi connectivity index (χ0) is 16.1. The van der Waals surface area contributed by atoms with Crippen molar-refractivity contribution in [2.45, 2.75) is 38.0 Å². The zero-order valence-electron chi connectivity index (χ0n) is 12.3. The maximum Gasteiger partial charge on any atom is 0.315 e. The van der Waals surface area contributed by atoms with Crippen LogP contribution in [-0.2, 0) is 4.74 Å². The number of ether oxygens (including phenoxy) is 1. The number of rotatable bonds is 5. The number of nitrogens with one attached hydrogen (secondary N) is 2. The summed E-state index contributed by atoms with van der Waals surface area (Å²) in [4.78, 5) is 11.8. The molecule has 1 fully saturated rings. The van der Waals surface area contributed by atoms with E-state index in [0.29, 0.717) is 31.6 Å². The first-order valence-electron chi connectivity index (χ1n) is 7.26. The predicted molar refractivity (Wildman–Crippen MR) is 76.3 cm³/mol. The monoisotopic (exact) mass is 314 g/mol. The lowest BCUT2D eigenvalue weighted by Gasteiger charge is -2.20. The second-order valence-electron chi connectivity index (χ2n) is 5.40. The molecule has 0 spiro atoms. The van der Waals surface area contributed by atoms with Crippen molar-refractivity contribution in [2.24, 2.45) is 0 Å². The number of aliphatic hydroxyl groups is 1. The molecule has 2 amide bonds. The molecule has 0 aliphatic carbocycles. The molecule has 1 heterocycles. The highest BCUT2D eigenvalue weighted by atomic mass is 19.2. The van der Waals surface area contributed by atoms with E-state index in [1.807, 2.05) is 0 Å². The molecule has 0 aromatic heterocycles. The molecule has 1 aliphatic heterocycles. The minimum atomic E-state index is -0.937. The van der Waals surface area contributed by atoms with Gasteiger partial charge in [0.25, 0.3) is 0 Å². The van der Waals surface area contributed by atoms with Gasteiger partial charge in [-0.3, -0.25) is 0 Å². The number of carbonyl (C=O) groups is 1. The third kappa shape index (κ3) is 4.38. The number of urea groups is 1. The van der Waals surface area contributed by atoms with E-state index in [0.717, 1.165) is 12.1 Å². The summed E-state index contributed by atoms with van der Waals surface area (Å²) in [6, 6.07) is 2.91. The van der Waals surface area contributed by atoms with Crippen LogP contribution in [-0.4, -0.2) is 36.4 Å². The Labute approximate surface area is 127 Å². The van der Waals surface area contributed by atoms with Gasteiger partial charge in [0.1, 0.15) is 6.10 Å². The summed E-state index contributed by atoms with van der Waals surface area (Å²) < 4.78 is 31.8. The molecule has 0 unspecified atom stereocenters. The van der Waals surface area contributed by atoms with Gasteiger partial charge >= 0.3 is 6.03 Å². The van der Waals surface area contributed by atoms with Crippen LogP contribution in [0.4, 0.5) is 13.6 Å². The summed E-state index contributed by atoms with van der Waals surface area (Å²) in [6.45, 7) is 2.43. The van der Waals surface area contributed by atoms with Gasteiger partial charge in [-0.25, -0.2) is 13.6 Å². The molecule has 1 aliphatic rings. The van der Waals surface area contributed by atoms with Crippen molar-refractivity contribution in [3.8, 4) is 0 Å². The first-order valence-corrected chi connectivity index (χ1v) is 7.26. The third-order valence-electron chi connectivity index (χ3n) is 3.53. The molecule has 1 saturated heterocycles. The number of amides is 2. The average molecular weight is 314 g/mol. The average Bonchev–Trinajstić information content (AvgIpc) is 2.89. The highest BCUT2D eigenvalue weighted by Crippen LogP contribution is 2.29. The summed E-state index contributed by atoms with van der Waals surface area (Å²) in [5, 5.41) is 14.5. The SMILES string of the molecule is C[C@H](O)CCNC(=O)N[C@H]1CCO[C@@H]1c1ccc(F)c(F)c1. The van der Waals surface area contributed by atoms with Crippen LogP contribution in [0, 0.1) is 11.6 Å². The molecule has 1 aromatic carbocycles. The fraction of sp³-hybridized carbons (Fsp3) is 0.533. The topological polar surface area (TPSA) is 70.6 Å². The van der Waals surface area contributed by atoms with Crippen molar-refractivity contribution in [1.82, 2.24) is 10.6 Å². The van der Waals surface area contributed by atoms with Crippen LogP contribution in [0.3, 0.4) is 0 Å². The molecule has 0 bridgehead atoms. The van der Waals surface area contributed by atoms with Crippen molar-refractivity contribution in [3.63, 3.8) is 0 Å².